The Labute approximate surface area is 227 Å². The number of phenols is 1. The molecule has 3 heterocycles. The van der Waals surface area contributed by atoms with E-state index in [1.165, 1.54) is 6.07 Å². The Morgan fingerprint density at radius 3 is 2.59 bits per heavy atom. The lowest BCUT2D eigenvalue weighted by Gasteiger charge is -2.34. The molecule has 196 valence electrons. The molecule has 3 aromatic carbocycles. The first kappa shape index (κ1) is 24.9. The number of halogens is 1. The largest absolute Gasteiger partial charge is 0.507 e. The number of hydrogen-bond donors (Lipinski definition) is 1. The Kier molecular flexibility index (Phi) is 5.80. The van der Waals surface area contributed by atoms with Crippen molar-refractivity contribution in [3.05, 3.63) is 98.9 Å². The van der Waals surface area contributed by atoms with Gasteiger partial charge in [-0.05, 0) is 88.1 Å². The average Bonchev–Trinajstić information content (AvgIpc) is 3.21. The van der Waals surface area contributed by atoms with E-state index in [1.54, 1.807) is 12.1 Å². The number of rotatable bonds is 1. The van der Waals surface area contributed by atoms with Crippen LogP contribution in [0.5, 0.6) is 11.5 Å². The highest BCUT2D eigenvalue weighted by atomic mass is 19.1. The first-order chi connectivity index (χ1) is 18.7. The molecule has 2 aliphatic rings. The Morgan fingerprint density at radius 1 is 1.00 bits per heavy atom. The molecule has 6 rings (SSSR count). The lowest BCUT2D eigenvalue weighted by Crippen LogP contribution is -2.35. The van der Waals surface area contributed by atoms with Gasteiger partial charge in [-0.25, -0.2) is 4.39 Å². The summed E-state index contributed by atoms with van der Waals surface area (Å²) in [5.41, 5.74) is 6.38. The van der Waals surface area contributed by atoms with Crippen molar-refractivity contribution in [2.24, 2.45) is 4.99 Å². The summed E-state index contributed by atoms with van der Waals surface area (Å²) in [7, 11) is 0. The maximum atomic E-state index is 14.9. The first-order valence-electron chi connectivity index (χ1n) is 13.1. The van der Waals surface area contributed by atoms with Crippen LogP contribution in [0.25, 0.3) is 5.69 Å². The van der Waals surface area contributed by atoms with Gasteiger partial charge < -0.3 is 9.84 Å². The first-order valence-corrected chi connectivity index (χ1v) is 13.1. The molecule has 0 aliphatic carbocycles. The van der Waals surface area contributed by atoms with E-state index in [0.29, 0.717) is 35.8 Å². The molecule has 7 heteroatoms. The highest BCUT2D eigenvalue weighted by molar-refractivity contribution is 6.15. The third kappa shape index (κ3) is 4.08. The zero-order valence-electron chi connectivity index (χ0n) is 22.7. The smallest absolute Gasteiger partial charge is 0.167 e. The zero-order chi connectivity index (χ0) is 27.5. The van der Waals surface area contributed by atoms with Crippen molar-refractivity contribution in [1.29, 1.82) is 0 Å². The molecule has 1 unspecified atom stereocenters. The summed E-state index contributed by atoms with van der Waals surface area (Å²) < 4.78 is 23.4. The van der Waals surface area contributed by atoms with Crippen molar-refractivity contribution in [2.45, 2.75) is 59.6 Å². The van der Waals surface area contributed by atoms with Crippen LogP contribution in [-0.2, 0) is 13.0 Å². The number of aromatic hydroxyl groups is 1. The zero-order valence-corrected chi connectivity index (χ0v) is 22.7. The van der Waals surface area contributed by atoms with Crippen LogP contribution in [0, 0.1) is 45.4 Å². The van der Waals surface area contributed by atoms with E-state index in [1.807, 2.05) is 63.5 Å². The van der Waals surface area contributed by atoms with Gasteiger partial charge in [-0.1, -0.05) is 24.0 Å². The molecule has 0 saturated heterocycles. The van der Waals surface area contributed by atoms with Crippen LogP contribution < -0.4 is 4.74 Å². The molecule has 0 saturated carbocycles. The standard InChI is InChI=1S/C32H29FN4O2/c1-18-19(2)31-23(20(3)30(18)38)13-15-32(5,39-31)14-12-22-10-11-27-25(16-22)29(24-8-6-7-9-26(24)33)34-17-28-36-35-21(4)37(27)28/h6-11,16,38H,13,15,17H2,1-5H3. The average molecular weight is 521 g/mol. The van der Waals surface area contributed by atoms with Gasteiger partial charge in [0.2, 0.25) is 0 Å². The summed E-state index contributed by atoms with van der Waals surface area (Å²) in [6.07, 6.45) is 1.47. The third-order valence-electron chi connectivity index (χ3n) is 7.88. The summed E-state index contributed by atoms with van der Waals surface area (Å²) in [5.74, 6) is 8.96. The number of phenolic OH excluding ortho intramolecular Hbond substituents is 1. The lowest BCUT2D eigenvalue weighted by molar-refractivity contribution is 0.122. The highest BCUT2D eigenvalue weighted by Gasteiger charge is 2.33. The van der Waals surface area contributed by atoms with E-state index >= 15 is 0 Å². The van der Waals surface area contributed by atoms with Gasteiger partial charge in [0.25, 0.3) is 0 Å². The Morgan fingerprint density at radius 2 is 1.79 bits per heavy atom. The van der Waals surface area contributed by atoms with E-state index < -0.39 is 5.60 Å². The molecule has 1 aromatic heterocycles. The second kappa shape index (κ2) is 9.09. The Balaban J connectivity index is 1.43. The number of fused-ring (bicyclic) bond motifs is 4. The molecule has 1 atom stereocenters. The number of aliphatic imine (C=N–C) groups is 1. The maximum absolute atomic E-state index is 14.9. The van der Waals surface area contributed by atoms with Crippen molar-refractivity contribution >= 4 is 5.71 Å². The molecule has 6 nitrogen and oxygen atoms in total. The summed E-state index contributed by atoms with van der Waals surface area (Å²) in [4.78, 5) is 4.77. The van der Waals surface area contributed by atoms with E-state index in [9.17, 15) is 9.50 Å². The van der Waals surface area contributed by atoms with Crippen molar-refractivity contribution in [1.82, 2.24) is 14.8 Å². The van der Waals surface area contributed by atoms with Crippen LogP contribution >= 0.6 is 0 Å². The van der Waals surface area contributed by atoms with Gasteiger partial charge in [0, 0.05) is 28.7 Å². The molecule has 0 spiro atoms. The topological polar surface area (TPSA) is 72.5 Å². The molecule has 0 radical (unpaired) electrons. The number of benzene rings is 3. The molecular formula is C32H29FN4O2. The number of aryl methyl sites for hydroxylation is 1. The minimum atomic E-state index is -0.694. The van der Waals surface area contributed by atoms with Crippen LogP contribution in [0.2, 0.25) is 0 Å². The van der Waals surface area contributed by atoms with E-state index in [0.717, 1.165) is 57.1 Å². The van der Waals surface area contributed by atoms with Crippen LogP contribution in [0.4, 0.5) is 4.39 Å². The van der Waals surface area contributed by atoms with Crippen LogP contribution in [0.1, 0.15) is 63.9 Å². The highest BCUT2D eigenvalue weighted by Crippen LogP contribution is 2.43. The summed E-state index contributed by atoms with van der Waals surface area (Å²) >= 11 is 0. The van der Waals surface area contributed by atoms with Crippen LogP contribution in [0.15, 0.2) is 47.5 Å². The molecule has 0 amide bonds. The lowest BCUT2D eigenvalue weighted by atomic mass is 9.87. The minimum absolute atomic E-state index is 0.291. The van der Waals surface area contributed by atoms with Gasteiger partial charge in [-0.15, -0.1) is 10.2 Å². The van der Waals surface area contributed by atoms with Gasteiger partial charge in [0.1, 0.15) is 29.7 Å². The molecule has 4 aromatic rings. The van der Waals surface area contributed by atoms with Gasteiger partial charge in [-0.3, -0.25) is 9.56 Å². The van der Waals surface area contributed by atoms with Gasteiger partial charge >= 0.3 is 0 Å². The van der Waals surface area contributed by atoms with Crippen molar-refractivity contribution < 1.29 is 14.2 Å². The fourth-order valence-corrected chi connectivity index (χ4v) is 5.48. The summed E-state index contributed by atoms with van der Waals surface area (Å²) in [6.45, 7) is 10.0. The molecule has 0 bridgehead atoms. The van der Waals surface area contributed by atoms with Gasteiger partial charge in [-0.2, -0.15) is 0 Å². The molecule has 0 fully saturated rings. The van der Waals surface area contributed by atoms with Crippen molar-refractivity contribution in [3.8, 4) is 29.0 Å². The number of ether oxygens (including phenoxy) is 1. The monoisotopic (exact) mass is 520 g/mol. The van der Waals surface area contributed by atoms with E-state index in [-0.39, 0.29) is 5.82 Å². The molecule has 39 heavy (non-hydrogen) atoms. The molecule has 1 N–H and O–H groups in total. The second-order valence-corrected chi connectivity index (χ2v) is 10.5. The van der Waals surface area contributed by atoms with Gasteiger partial charge in [0.15, 0.2) is 11.4 Å². The van der Waals surface area contributed by atoms with Gasteiger partial charge in [0.05, 0.1) is 11.4 Å². The fraction of sp³-hybridized carbons (Fsp3) is 0.281. The maximum Gasteiger partial charge on any atom is 0.167 e. The molecule has 2 aliphatic heterocycles. The van der Waals surface area contributed by atoms with Crippen molar-refractivity contribution in [2.75, 3.05) is 0 Å². The predicted molar refractivity (Wildman–Crippen MR) is 148 cm³/mol. The van der Waals surface area contributed by atoms with Crippen molar-refractivity contribution in [3.63, 3.8) is 0 Å². The molecular weight excluding hydrogens is 491 g/mol. The fourth-order valence-electron chi connectivity index (χ4n) is 5.48. The minimum Gasteiger partial charge on any atom is -0.507 e. The number of hydrogen-bond acceptors (Lipinski definition) is 5. The van der Waals surface area contributed by atoms with E-state index in [2.05, 4.69) is 22.0 Å². The Hall–Kier alpha value is -4.44. The van der Waals surface area contributed by atoms with Crippen LogP contribution in [-0.4, -0.2) is 31.2 Å². The second-order valence-electron chi connectivity index (χ2n) is 10.5. The summed E-state index contributed by atoms with van der Waals surface area (Å²) in [6, 6.07) is 12.6. The van der Waals surface area contributed by atoms with Crippen LogP contribution in [0.3, 0.4) is 0 Å². The number of aromatic nitrogens is 3. The normalized spacial score (nSPS) is 17.5. The van der Waals surface area contributed by atoms with E-state index in [4.69, 9.17) is 9.73 Å². The third-order valence-corrected chi connectivity index (χ3v) is 7.88. The number of nitrogens with zero attached hydrogens (tertiary/aromatic N) is 4. The quantitative estimate of drug-likeness (QED) is 0.321. The summed E-state index contributed by atoms with van der Waals surface area (Å²) in [5, 5.41) is 19.0. The Bertz CT molecular complexity index is 1760. The SMILES string of the molecule is Cc1c(C)c2c(c(C)c1O)CCC(C)(C#Cc1ccc3c(c1)C(c1ccccc1F)=NCc1nnc(C)n1-3)O2. The predicted octanol–water partition coefficient (Wildman–Crippen LogP) is 5.83.